The van der Waals surface area contributed by atoms with E-state index in [0.717, 1.165) is 18.1 Å². The Bertz CT molecular complexity index is 319. The molecule has 0 aliphatic carbocycles. The summed E-state index contributed by atoms with van der Waals surface area (Å²) in [7, 11) is 0. The summed E-state index contributed by atoms with van der Waals surface area (Å²) < 4.78 is 0. The molecule has 1 aromatic heterocycles. The molecule has 1 aliphatic rings. The lowest BCUT2D eigenvalue weighted by atomic mass is 10.1. The Balaban J connectivity index is 1.82. The maximum absolute atomic E-state index is 4.31. The molecule has 16 heavy (non-hydrogen) atoms. The lowest BCUT2D eigenvalue weighted by molar-refractivity contribution is 0.550. The van der Waals surface area contributed by atoms with Crippen LogP contribution in [0.1, 0.15) is 36.2 Å². The van der Waals surface area contributed by atoms with Gasteiger partial charge in [-0.25, -0.2) is 0 Å². The summed E-state index contributed by atoms with van der Waals surface area (Å²) in [6, 6.07) is 0. The molecule has 0 aromatic carbocycles. The lowest BCUT2D eigenvalue weighted by Gasteiger charge is -2.04. The molecule has 2 rings (SSSR count). The molecule has 0 amide bonds. The molecule has 1 saturated heterocycles. The number of rotatable bonds is 5. The molecule has 0 spiro atoms. The van der Waals surface area contributed by atoms with Crippen LogP contribution in [-0.2, 0) is 6.54 Å². The highest BCUT2D eigenvalue weighted by molar-refractivity contribution is 7.99. The molecule has 90 valence electrons. The van der Waals surface area contributed by atoms with E-state index in [1.54, 1.807) is 11.3 Å². The summed E-state index contributed by atoms with van der Waals surface area (Å²) in [4.78, 5) is 0. The van der Waals surface area contributed by atoms with Crippen molar-refractivity contribution >= 4 is 23.1 Å². The Morgan fingerprint density at radius 3 is 3.00 bits per heavy atom. The molecule has 0 radical (unpaired) electrons. The number of hydrogen-bond donors (Lipinski definition) is 1. The van der Waals surface area contributed by atoms with Crippen molar-refractivity contribution in [3.8, 4) is 0 Å². The Morgan fingerprint density at radius 2 is 2.31 bits per heavy atom. The van der Waals surface area contributed by atoms with Crippen LogP contribution < -0.4 is 5.32 Å². The van der Waals surface area contributed by atoms with Crippen molar-refractivity contribution in [2.45, 2.75) is 32.7 Å². The van der Waals surface area contributed by atoms with Crippen LogP contribution in [0.2, 0.25) is 0 Å². The molecular formula is C11H19N3S2. The second kappa shape index (κ2) is 5.98. The third-order valence-electron chi connectivity index (χ3n) is 2.59. The van der Waals surface area contributed by atoms with Gasteiger partial charge in [0.05, 0.1) is 0 Å². The Morgan fingerprint density at radius 1 is 1.44 bits per heavy atom. The molecule has 3 nitrogen and oxygen atoms in total. The number of nitrogens with zero attached hydrogens (tertiary/aromatic N) is 2. The van der Waals surface area contributed by atoms with E-state index < -0.39 is 0 Å². The number of aromatic nitrogens is 2. The monoisotopic (exact) mass is 257 g/mol. The fourth-order valence-electron chi connectivity index (χ4n) is 1.70. The highest BCUT2D eigenvalue weighted by Gasteiger charge is 2.21. The molecule has 1 N–H and O–H groups in total. The minimum atomic E-state index is 0.668. The summed E-state index contributed by atoms with van der Waals surface area (Å²) in [5, 5.41) is 14.3. The minimum Gasteiger partial charge on any atom is -0.310 e. The van der Waals surface area contributed by atoms with Gasteiger partial charge in [0.1, 0.15) is 10.0 Å². The first-order valence-corrected chi connectivity index (χ1v) is 7.83. The van der Waals surface area contributed by atoms with Crippen LogP contribution in [0.3, 0.4) is 0 Å². The van der Waals surface area contributed by atoms with Gasteiger partial charge >= 0.3 is 0 Å². The average Bonchev–Trinajstić information content (AvgIpc) is 2.85. The lowest BCUT2D eigenvalue weighted by Crippen LogP contribution is -2.18. The number of thioether (sulfide) groups is 1. The van der Waals surface area contributed by atoms with Crippen molar-refractivity contribution in [1.29, 1.82) is 0 Å². The third kappa shape index (κ3) is 3.43. The van der Waals surface area contributed by atoms with E-state index >= 15 is 0 Å². The number of nitrogens with one attached hydrogen (secondary N) is 1. The topological polar surface area (TPSA) is 37.8 Å². The highest BCUT2D eigenvalue weighted by Crippen LogP contribution is 2.33. The van der Waals surface area contributed by atoms with Crippen molar-refractivity contribution in [2.75, 3.05) is 18.1 Å². The Hall–Kier alpha value is -0.130. The van der Waals surface area contributed by atoms with Gasteiger partial charge < -0.3 is 5.32 Å². The molecule has 1 unspecified atom stereocenters. The van der Waals surface area contributed by atoms with Crippen molar-refractivity contribution in [3.63, 3.8) is 0 Å². The maximum atomic E-state index is 4.31. The first-order valence-electron chi connectivity index (χ1n) is 5.86. The van der Waals surface area contributed by atoms with Crippen molar-refractivity contribution in [2.24, 2.45) is 5.92 Å². The molecule has 1 fully saturated rings. The van der Waals surface area contributed by atoms with Crippen LogP contribution in [-0.4, -0.2) is 28.2 Å². The van der Waals surface area contributed by atoms with Gasteiger partial charge in [0, 0.05) is 18.2 Å². The second-order valence-corrected chi connectivity index (χ2v) is 6.86. The zero-order valence-electron chi connectivity index (χ0n) is 9.90. The average molecular weight is 257 g/mol. The molecule has 0 bridgehead atoms. The molecule has 0 saturated carbocycles. The van der Waals surface area contributed by atoms with Gasteiger partial charge in [0.2, 0.25) is 0 Å². The Kier molecular flexibility index (Phi) is 4.61. The van der Waals surface area contributed by atoms with Gasteiger partial charge in [-0.1, -0.05) is 25.2 Å². The zero-order valence-corrected chi connectivity index (χ0v) is 11.5. The van der Waals surface area contributed by atoms with Crippen LogP contribution in [0.15, 0.2) is 0 Å². The van der Waals surface area contributed by atoms with Crippen LogP contribution in [0.4, 0.5) is 0 Å². The molecular weight excluding hydrogens is 238 g/mol. The van der Waals surface area contributed by atoms with Crippen LogP contribution in [0.5, 0.6) is 0 Å². The van der Waals surface area contributed by atoms with Gasteiger partial charge in [0.25, 0.3) is 0 Å². The van der Waals surface area contributed by atoms with E-state index in [9.17, 15) is 0 Å². The molecule has 1 aliphatic heterocycles. The predicted octanol–water partition coefficient (Wildman–Crippen LogP) is 2.50. The highest BCUT2D eigenvalue weighted by atomic mass is 32.2. The van der Waals surface area contributed by atoms with Gasteiger partial charge in [-0.2, -0.15) is 11.8 Å². The maximum Gasteiger partial charge on any atom is 0.131 e. The van der Waals surface area contributed by atoms with Gasteiger partial charge in [0.15, 0.2) is 0 Å². The first-order chi connectivity index (χ1) is 7.75. The third-order valence-corrected chi connectivity index (χ3v) is 4.84. The normalized spacial score (nSPS) is 20.8. The fourth-order valence-corrected chi connectivity index (χ4v) is 3.98. The van der Waals surface area contributed by atoms with E-state index in [1.165, 1.54) is 22.9 Å². The molecule has 1 aromatic rings. The number of hydrogen-bond acceptors (Lipinski definition) is 5. The molecule has 5 heteroatoms. The summed E-state index contributed by atoms with van der Waals surface area (Å²) in [5.41, 5.74) is 0. The van der Waals surface area contributed by atoms with Gasteiger partial charge in [-0.3, -0.25) is 0 Å². The van der Waals surface area contributed by atoms with Crippen LogP contribution >= 0.6 is 23.1 Å². The quantitative estimate of drug-likeness (QED) is 0.879. The molecule has 1 atom stereocenters. The van der Waals surface area contributed by atoms with Crippen molar-refractivity contribution in [3.05, 3.63) is 10.0 Å². The van der Waals surface area contributed by atoms with Crippen molar-refractivity contribution in [1.82, 2.24) is 15.5 Å². The summed E-state index contributed by atoms with van der Waals surface area (Å²) >= 11 is 3.82. The first kappa shape index (κ1) is 12.3. The fraction of sp³-hybridized carbons (Fsp3) is 0.818. The minimum absolute atomic E-state index is 0.668. The summed E-state index contributed by atoms with van der Waals surface area (Å²) in [6.45, 7) is 6.35. The van der Waals surface area contributed by atoms with E-state index in [-0.39, 0.29) is 0 Å². The van der Waals surface area contributed by atoms with Gasteiger partial charge in [-0.05, 0) is 24.6 Å². The largest absolute Gasteiger partial charge is 0.310 e. The van der Waals surface area contributed by atoms with E-state index in [1.807, 2.05) is 11.8 Å². The predicted molar refractivity (Wildman–Crippen MR) is 71.1 cm³/mol. The van der Waals surface area contributed by atoms with E-state index in [4.69, 9.17) is 0 Å². The van der Waals surface area contributed by atoms with Gasteiger partial charge in [-0.15, -0.1) is 10.2 Å². The Labute approximate surface area is 105 Å². The standard InChI is InChI=1S/C11H19N3S2/c1-8(2)5-12-6-10-13-14-11(16-10)9-3-4-15-7-9/h8-9,12H,3-7H2,1-2H3. The van der Waals surface area contributed by atoms with E-state index in [0.29, 0.717) is 11.8 Å². The van der Waals surface area contributed by atoms with Crippen molar-refractivity contribution < 1.29 is 0 Å². The zero-order chi connectivity index (χ0) is 11.4. The van der Waals surface area contributed by atoms with Crippen LogP contribution in [0, 0.1) is 5.92 Å². The molecule has 2 heterocycles. The second-order valence-electron chi connectivity index (χ2n) is 4.62. The smallest absolute Gasteiger partial charge is 0.131 e. The SMILES string of the molecule is CC(C)CNCc1nnc(C2CCSC2)s1. The summed E-state index contributed by atoms with van der Waals surface area (Å²) in [5.74, 6) is 3.87. The van der Waals surface area contributed by atoms with Crippen LogP contribution in [0.25, 0.3) is 0 Å². The van der Waals surface area contributed by atoms with E-state index in [2.05, 4.69) is 29.4 Å². The summed E-state index contributed by atoms with van der Waals surface area (Å²) in [6.07, 6.45) is 1.28.